The van der Waals surface area contributed by atoms with Crippen LogP contribution in [-0.4, -0.2) is 66.1 Å². The second-order valence-electron chi connectivity index (χ2n) is 10.5. The van der Waals surface area contributed by atoms with E-state index in [4.69, 9.17) is 19.9 Å². The van der Waals surface area contributed by atoms with E-state index in [-0.39, 0.29) is 18.4 Å². The zero-order valence-corrected chi connectivity index (χ0v) is 29.0. The molecule has 0 saturated heterocycles. The summed E-state index contributed by atoms with van der Waals surface area (Å²) in [4.78, 5) is 36.2. The van der Waals surface area contributed by atoms with Gasteiger partial charge in [-0.05, 0) is 79.4 Å². The molecule has 13 heteroatoms. The lowest BCUT2D eigenvalue weighted by Crippen LogP contribution is -2.30. The van der Waals surface area contributed by atoms with Crippen LogP contribution in [0.5, 0.6) is 11.5 Å². The lowest BCUT2D eigenvalue weighted by Gasteiger charge is -2.22. The fourth-order valence-electron chi connectivity index (χ4n) is 4.75. The van der Waals surface area contributed by atoms with Crippen LogP contribution in [0, 0.1) is 0 Å². The number of halogens is 2. The number of nitrogens with one attached hydrogen (secondary N) is 1. The number of pyridine rings is 2. The third-order valence-corrected chi connectivity index (χ3v) is 7.89. The number of rotatable bonds is 10. The molecule has 11 nitrogen and oxygen atoms in total. The summed E-state index contributed by atoms with van der Waals surface area (Å²) in [5, 5.41) is 2.85. The molecule has 0 unspecified atom stereocenters. The van der Waals surface area contributed by atoms with Crippen molar-refractivity contribution >= 4 is 55.4 Å². The van der Waals surface area contributed by atoms with Crippen molar-refractivity contribution in [3.05, 3.63) is 104 Å². The molecule has 1 aliphatic rings. The summed E-state index contributed by atoms with van der Waals surface area (Å²) < 4.78 is 16.9. The highest BCUT2D eigenvalue weighted by Gasteiger charge is 2.20. The zero-order valence-electron chi connectivity index (χ0n) is 25.8. The Kier molecular flexibility index (Phi) is 12.9. The molecule has 0 radical (unpaired) electrons. The van der Waals surface area contributed by atoms with Gasteiger partial charge in [0.1, 0.15) is 23.1 Å². The van der Waals surface area contributed by atoms with Gasteiger partial charge >= 0.3 is 5.97 Å². The molecule has 5 rings (SSSR count). The summed E-state index contributed by atoms with van der Waals surface area (Å²) in [6.07, 6.45) is 3.34. The number of hydrogen-bond acceptors (Lipinski definition) is 10. The molecule has 0 atom stereocenters. The fourth-order valence-corrected chi connectivity index (χ4v) is 5.51. The number of anilines is 2. The molecule has 3 heterocycles. The topological polar surface area (TPSA) is 132 Å². The Labute approximate surface area is 285 Å². The van der Waals surface area contributed by atoms with Crippen LogP contribution in [0.1, 0.15) is 22.3 Å². The van der Waals surface area contributed by atoms with Gasteiger partial charge in [0.25, 0.3) is 0 Å². The van der Waals surface area contributed by atoms with Crippen molar-refractivity contribution in [2.45, 2.75) is 26.2 Å². The molecule has 1 amide bonds. The van der Waals surface area contributed by atoms with Crippen LogP contribution in [-0.2, 0) is 40.5 Å². The van der Waals surface area contributed by atoms with E-state index in [1.807, 2.05) is 65.6 Å². The highest BCUT2D eigenvalue weighted by atomic mass is 79.9. The minimum atomic E-state index is -0.301. The minimum absolute atomic E-state index is 0.0397. The maximum atomic E-state index is 12.0. The molecule has 0 aliphatic carbocycles. The van der Waals surface area contributed by atoms with Crippen molar-refractivity contribution in [2.75, 3.05) is 45.5 Å². The normalized spacial score (nSPS) is 12.7. The number of fused-ring (bicyclic) bond motifs is 1. The summed E-state index contributed by atoms with van der Waals surface area (Å²) in [5.41, 5.74) is 9.99. The van der Waals surface area contributed by atoms with Gasteiger partial charge in [0.05, 0.1) is 34.4 Å². The van der Waals surface area contributed by atoms with Crippen molar-refractivity contribution in [3.63, 3.8) is 0 Å². The molecule has 0 fully saturated rings. The molecule has 3 N–H and O–H groups in total. The molecule has 4 aromatic rings. The van der Waals surface area contributed by atoms with Gasteiger partial charge in [-0.15, -0.1) is 0 Å². The monoisotopic (exact) mass is 754 g/mol. The predicted molar refractivity (Wildman–Crippen MR) is 183 cm³/mol. The number of carbonyl (C=O) groups is 2. The predicted octanol–water partition coefficient (Wildman–Crippen LogP) is 5.42. The molecule has 0 spiro atoms. The standard InChI is InChI=1S/C17H20BrN3O3.C16H16BrN3O2/c1-23-15-5-3-12(4-6-15)9-21(11-16(22)24-2)10-13-7-14(18)8-20-17(13)19;1-22-14-4-2-11(3-5-14)8-20-9-12-6-13(17)7-18-16(12)19-15(21)10-20/h3-8H,9-11H2,1-2H3,(H2,19,20);2-7H,8-10H2,1H3,(H,18,19,21). The van der Waals surface area contributed by atoms with Crippen LogP contribution in [0.3, 0.4) is 0 Å². The average Bonchev–Trinajstić information content (AvgIpc) is 3.20. The Balaban J connectivity index is 0.000000209. The first-order valence-corrected chi connectivity index (χ1v) is 15.9. The minimum Gasteiger partial charge on any atom is -0.497 e. The van der Waals surface area contributed by atoms with Gasteiger partial charge in [0.2, 0.25) is 5.91 Å². The van der Waals surface area contributed by atoms with E-state index in [2.05, 4.69) is 52.0 Å². The van der Waals surface area contributed by atoms with Crippen molar-refractivity contribution < 1.29 is 23.8 Å². The molecular weight excluding hydrogens is 720 g/mol. The number of nitrogens with two attached hydrogens (primary N) is 1. The Morgan fingerprint density at radius 2 is 1.50 bits per heavy atom. The molecule has 1 aliphatic heterocycles. The number of ether oxygens (including phenoxy) is 3. The average molecular weight is 756 g/mol. The molecule has 2 aromatic heterocycles. The molecule has 242 valence electrons. The van der Waals surface area contributed by atoms with Crippen LogP contribution < -0.4 is 20.5 Å². The van der Waals surface area contributed by atoms with Crippen molar-refractivity contribution in [3.8, 4) is 11.5 Å². The van der Waals surface area contributed by atoms with Crippen LogP contribution >= 0.6 is 31.9 Å². The fraction of sp³-hybridized carbons (Fsp3) is 0.273. The first-order chi connectivity index (χ1) is 22.1. The number of esters is 1. The maximum Gasteiger partial charge on any atom is 0.319 e. The summed E-state index contributed by atoms with van der Waals surface area (Å²) in [6.45, 7) is 2.94. The maximum absolute atomic E-state index is 12.0. The van der Waals surface area contributed by atoms with Gasteiger partial charge in [-0.1, -0.05) is 24.3 Å². The van der Waals surface area contributed by atoms with Gasteiger partial charge in [-0.2, -0.15) is 0 Å². The third-order valence-electron chi connectivity index (χ3n) is 7.03. The quantitative estimate of drug-likeness (QED) is 0.203. The Bertz CT molecular complexity index is 1620. The zero-order chi connectivity index (χ0) is 33.1. The van der Waals surface area contributed by atoms with Gasteiger partial charge in [-0.25, -0.2) is 9.97 Å². The van der Waals surface area contributed by atoms with Crippen LogP contribution in [0.15, 0.2) is 82.0 Å². The number of benzene rings is 2. The molecule has 2 aromatic carbocycles. The molecular formula is C33H36Br2N6O5. The summed E-state index contributed by atoms with van der Waals surface area (Å²) >= 11 is 6.82. The molecule has 46 heavy (non-hydrogen) atoms. The molecule has 0 saturated carbocycles. The van der Waals surface area contributed by atoms with Gasteiger partial charge < -0.3 is 25.3 Å². The van der Waals surface area contributed by atoms with E-state index in [0.717, 1.165) is 42.7 Å². The van der Waals surface area contributed by atoms with Crippen molar-refractivity contribution in [2.24, 2.45) is 0 Å². The largest absolute Gasteiger partial charge is 0.497 e. The van der Waals surface area contributed by atoms with Gasteiger partial charge in [0.15, 0.2) is 0 Å². The second-order valence-corrected chi connectivity index (χ2v) is 12.3. The highest BCUT2D eigenvalue weighted by molar-refractivity contribution is 9.10. The van der Waals surface area contributed by atoms with E-state index in [1.165, 1.54) is 7.11 Å². The van der Waals surface area contributed by atoms with E-state index < -0.39 is 0 Å². The van der Waals surface area contributed by atoms with E-state index in [1.54, 1.807) is 26.6 Å². The smallest absolute Gasteiger partial charge is 0.319 e. The van der Waals surface area contributed by atoms with E-state index >= 15 is 0 Å². The number of methoxy groups -OCH3 is 3. The summed E-state index contributed by atoms with van der Waals surface area (Å²) in [6, 6.07) is 19.5. The first kappa shape index (κ1) is 34.8. The Morgan fingerprint density at radius 3 is 2.13 bits per heavy atom. The number of aromatic nitrogens is 2. The number of nitrogens with zero attached hydrogens (tertiary/aromatic N) is 4. The Morgan fingerprint density at radius 1 is 0.891 bits per heavy atom. The van der Waals surface area contributed by atoms with E-state index in [0.29, 0.717) is 44.4 Å². The van der Waals surface area contributed by atoms with E-state index in [9.17, 15) is 9.59 Å². The number of nitrogen functional groups attached to an aromatic ring is 1. The first-order valence-electron chi connectivity index (χ1n) is 14.3. The second kappa shape index (κ2) is 17.0. The number of hydrogen-bond donors (Lipinski definition) is 2. The van der Waals surface area contributed by atoms with Gasteiger partial charge in [0, 0.05) is 58.6 Å². The Hall–Kier alpha value is -4.04. The van der Waals surface area contributed by atoms with Crippen LogP contribution in [0.25, 0.3) is 0 Å². The van der Waals surface area contributed by atoms with Gasteiger partial charge in [-0.3, -0.25) is 19.4 Å². The number of amides is 1. The lowest BCUT2D eigenvalue weighted by atomic mass is 10.1. The van der Waals surface area contributed by atoms with Crippen molar-refractivity contribution in [1.82, 2.24) is 19.8 Å². The van der Waals surface area contributed by atoms with Crippen LogP contribution in [0.2, 0.25) is 0 Å². The summed E-state index contributed by atoms with van der Waals surface area (Å²) in [5.74, 6) is 2.37. The van der Waals surface area contributed by atoms with Crippen molar-refractivity contribution in [1.29, 1.82) is 0 Å². The summed E-state index contributed by atoms with van der Waals surface area (Å²) in [7, 11) is 4.65. The SMILES string of the molecule is COC(=O)CN(Cc1ccc(OC)cc1)Cc1cc(Br)cnc1N.COc1ccc(CN2CC(=O)Nc3ncc(Br)cc3C2)cc1. The molecule has 0 bridgehead atoms. The lowest BCUT2D eigenvalue weighted by molar-refractivity contribution is -0.142. The highest BCUT2D eigenvalue weighted by Crippen LogP contribution is 2.24. The van der Waals surface area contributed by atoms with Crippen LogP contribution in [0.4, 0.5) is 11.6 Å². The third kappa shape index (κ3) is 10.5. The number of carbonyl (C=O) groups excluding carboxylic acids is 2.